The standard InChI is InChI=1S/C11H22N2/c1-5-10(3)13-9-7-8-11(6-2)12-4/h5,11-13H,1,3,6-9H2,2,4H3. The van der Waals surface area contributed by atoms with Crippen molar-refractivity contribution in [3.8, 4) is 0 Å². The molecule has 0 saturated carbocycles. The summed E-state index contributed by atoms with van der Waals surface area (Å²) < 4.78 is 0. The predicted octanol–water partition coefficient (Wildman–Crippen LogP) is 2.05. The molecule has 0 aliphatic rings. The van der Waals surface area contributed by atoms with Gasteiger partial charge < -0.3 is 10.6 Å². The van der Waals surface area contributed by atoms with Gasteiger partial charge in [0.1, 0.15) is 0 Å². The molecule has 0 rings (SSSR count). The van der Waals surface area contributed by atoms with Gasteiger partial charge in [0.15, 0.2) is 0 Å². The van der Waals surface area contributed by atoms with Gasteiger partial charge in [-0.25, -0.2) is 0 Å². The van der Waals surface area contributed by atoms with E-state index in [4.69, 9.17) is 0 Å². The topological polar surface area (TPSA) is 24.1 Å². The molecule has 0 spiro atoms. The third-order valence-corrected chi connectivity index (χ3v) is 2.23. The summed E-state index contributed by atoms with van der Waals surface area (Å²) in [5, 5.41) is 6.48. The van der Waals surface area contributed by atoms with Crippen LogP contribution in [0.25, 0.3) is 0 Å². The number of nitrogens with one attached hydrogen (secondary N) is 2. The molecule has 76 valence electrons. The summed E-state index contributed by atoms with van der Waals surface area (Å²) in [7, 11) is 2.02. The van der Waals surface area contributed by atoms with Crippen LogP contribution in [0.4, 0.5) is 0 Å². The van der Waals surface area contributed by atoms with E-state index in [2.05, 4.69) is 30.7 Å². The maximum absolute atomic E-state index is 3.79. The van der Waals surface area contributed by atoms with Crippen LogP contribution in [-0.4, -0.2) is 19.6 Å². The first-order chi connectivity index (χ1) is 6.24. The van der Waals surface area contributed by atoms with E-state index in [0.29, 0.717) is 6.04 Å². The zero-order valence-electron chi connectivity index (χ0n) is 8.90. The monoisotopic (exact) mass is 182 g/mol. The summed E-state index contributed by atoms with van der Waals surface area (Å²) in [6.07, 6.45) is 5.32. The van der Waals surface area contributed by atoms with Gasteiger partial charge in [0, 0.05) is 18.3 Å². The molecule has 0 bridgehead atoms. The number of hydrogen-bond donors (Lipinski definition) is 2. The van der Waals surface area contributed by atoms with Gasteiger partial charge in [0.2, 0.25) is 0 Å². The highest BCUT2D eigenvalue weighted by atomic mass is 14.9. The Hall–Kier alpha value is -0.760. The van der Waals surface area contributed by atoms with E-state index < -0.39 is 0 Å². The van der Waals surface area contributed by atoms with E-state index >= 15 is 0 Å². The van der Waals surface area contributed by atoms with Gasteiger partial charge in [-0.3, -0.25) is 0 Å². The summed E-state index contributed by atoms with van der Waals surface area (Å²) in [5.41, 5.74) is 0.914. The van der Waals surface area contributed by atoms with Gasteiger partial charge in [-0.15, -0.1) is 0 Å². The van der Waals surface area contributed by atoms with Gasteiger partial charge >= 0.3 is 0 Å². The second kappa shape index (κ2) is 7.87. The third-order valence-electron chi connectivity index (χ3n) is 2.23. The summed E-state index contributed by atoms with van der Waals surface area (Å²) in [6, 6.07) is 0.652. The second-order valence-electron chi connectivity index (χ2n) is 3.19. The first-order valence-electron chi connectivity index (χ1n) is 4.97. The molecular weight excluding hydrogens is 160 g/mol. The number of allylic oxidation sites excluding steroid dienone is 1. The summed E-state index contributed by atoms with van der Waals surface area (Å²) in [4.78, 5) is 0. The molecule has 1 unspecified atom stereocenters. The van der Waals surface area contributed by atoms with E-state index in [1.165, 1.54) is 19.3 Å². The average Bonchev–Trinajstić information content (AvgIpc) is 2.18. The molecule has 0 aliphatic heterocycles. The molecule has 2 N–H and O–H groups in total. The second-order valence-corrected chi connectivity index (χ2v) is 3.19. The molecule has 2 nitrogen and oxygen atoms in total. The van der Waals surface area contributed by atoms with E-state index in [-0.39, 0.29) is 0 Å². The molecular formula is C11H22N2. The minimum atomic E-state index is 0.652. The van der Waals surface area contributed by atoms with E-state index in [0.717, 1.165) is 12.2 Å². The molecule has 13 heavy (non-hydrogen) atoms. The van der Waals surface area contributed by atoms with Crippen molar-refractivity contribution in [3.63, 3.8) is 0 Å². The Labute approximate surface area is 82.1 Å². The minimum absolute atomic E-state index is 0.652. The molecule has 0 radical (unpaired) electrons. The fourth-order valence-electron chi connectivity index (χ4n) is 1.22. The lowest BCUT2D eigenvalue weighted by molar-refractivity contribution is 0.487. The highest BCUT2D eigenvalue weighted by molar-refractivity contribution is 5.07. The van der Waals surface area contributed by atoms with Crippen LogP contribution in [-0.2, 0) is 0 Å². The smallest absolute Gasteiger partial charge is 0.0261 e. The maximum atomic E-state index is 3.79. The lowest BCUT2D eigenvalue weighted by Gasteiger charge is -2.13. The molecule has 1 atom stereocenters. The maximum Gasteiger partial charge on any atom is 0.0261 e. The Morgan fingerprint density at radius 3 is 2.69 bits per heavy atom. The predicted molar refractivity (Wildman–Crippen MR) is 59.7 cm³/mol. The van der Waals surface area contributed by atoms with Crippen molar-refractivity contribution >= 4 is 0 Å². The molecule has 0 amide bonds. The molecule has 0 aromatic carbocycles. The van der Waals surface area contributed by atoms with E-state index in [1.807, 2.05) is 7.05 Å². The van der Waals surface area contributed by atoms with Gasteiger partial charge in [0.25, 0.3) is 0 Å². The van der Waals surface area contributed by atoms with E-state index in [9.17, 15) is 0 Å². The van der Waals surface area contributed by atoms with Crippen LogP contribution < -0.4 is 10.6 Å². The van der Waals surface area contributed by atoms with Crippen molar-refractivity contribution < 1.29 is 0 Å². The largest absolute Gasteiger partial charge is 0.386 e. The fraction of sp³-hybridized carbons (Fsp3) is 0.636. The van der Waals surface area contributed by atoms with Crippen molar-refractivity contribution in [2.24, 2.45) is 0 Å². The van der Waals surface area contributed by atoms with Gasteiger partial charge in [-0.05, 0) is 32.4 Å². The van der Waals surface area contributed by atoms with Crippen LogP contribution in [0, 0.1) is 0 Å². The Bertz CT molecular complexity index is 148. The molecule has 0 heterocycles. The first-order valence-corrected chi connectivity index (χ1v) is 4.97. The van der Waals surface area contributed by atoms with Crippen LogP contribution in [0.2, 0.25) is 0 Å². The Morgan fingerprint density at radius 2 is 2.23 bits per heavy atom. The molecule has 0 aliphatic carbocycles. The number of hydrogen-bond acceptors (Lipinski definition) is 2. The van der Waals surface area contributed by atoms with Crippen LogP contribution in [0.1, 0.15) is 26.2 Å². The molecule has 0 fully saturated rings. The molecule has 0 aromatic heterocycles. The Morgan fingerprint density at radius 1 is 1.54 bits per heavy atom. The first kappa shape index (κ1) is 12.2. The van der Waals surface area contributed by atoms with Crippen molar-refractivity contribution in [1.82, 2.24) is 10.6 Å². The van der Waals surface area contributed by atoms with Gasteiger partial charge in [-0.1, -0.05) is 20.1 Å². The molecule has 2 heteroatoms. The normalized spacial score (nSPS) is 12.2. The Kier molecular flexibility index (Phi) is 7.41. The Balaban J connectivity index is 3.33. The summed E-state index contributed by atoms with van der Waals surface area (Å²) in [6.45, 7) is 10.6. The fourth-order valence-corrected chi connectivity index (χ4v) is 1.22. The van der Waals surface area contributed by atoms with Crippen LogP contribution in [0.15, 0.2) is 24.9 Å². The third kappa shape index (κ3) is 6.41. The van der Waals surface area contributed by atoms with Crippen molar-refractivity contribution in [1.29, 1.82) is 0 Å². The lowest BCUT2D eigenvalue weighted by atomic mass is 10.1. The molecule has 0 saturated heterocycles. The molecule has 0 aromatic rings. The van der Waals surface area contributed by atoms with Crippen molar-refractivity contribution in [2.75, 3.05) is 13.6 Å². The average molecular weight is 182 g/mol. The van der Waals surface area contributed by atoms with Crippen LogP contribution >= 0.6 is 0 Å². The zero-order valence-corrected chi connectivity index (χ0v) is 8.90. The van der Waals surface area contributed by atoms with Gasteiger partial charge in [-0.2, -0.15) is 0 Å². The highest BCUT2D eigenvalue weighted by Gasteiger charge is 2.00. The van der Waals surface area contributed by atoms with E-state index in [1.54, 1.807) is 6.08 Å². The summed E-state index contributed by atoms with van der Waals surface area (Å²) in [5.74, 6) is 0. The van der Waals surface area contributed by atoms with Crippen LogP contribution in [0.5, 0.6) is 0 Å². The quantitative estimate of drug-likeness (QED) is 0.443. The SMILES string of the molecule is C=CC(=C)NCCCC(CC)NC. The van der Waals surface area contributed by atoms with Gasteiger partial charge in [0.05, 0.1) is 0 Å². The van der Waals surface area contributed by atoms with Crippen molar-refractivity contribution in [3.05, 3.63) is 24.9 Å². The van der Waals surface area contributed by atoms with Crippen molar-refractivity contribution in [2.45, 2.75) is 32.2 Å². The minimum Gasteiger partial charge on any atom is -0.386 e. The van der Waals surface area contributed by atoms with Crippen LogP contribution in [0.3, 0.4) is 0 Å². The zero-order chi connectivity index (χ0) is 10.1. The summed E-state index contributed by atoms with van der Waals surface area (Å²) >= 11 is 0. The lowest BCUT2D eigenvalue weighted by Crippen LogP contribution is -2.25. The highest BCUT2D eigenvalue weighted by Crippen LogP contribution is 2.00. The number of rotatable bonds is 8.